The third-order valence-electron chi connectivity index (χ3n) is 4.80. The quantitative estimate of drug-likeness (QED) is 0.516. The number of nitrogens with zero attached hydrogens (tertiary/aromatic N) is 1. The summed E-state index contributed by atoms with van der Waals surface area (Å²) in [5, 5.41) is 0. The highest BCUT2D eigenvalue weighted by Crippen LogP contribution is 2.22. The molecule has 0 spiro atoms. The summed E-state index contributed by atoms with van der Waals surface area (Å²) in [5.41, 5.74) is 0.503. The third-order valence-corrected chi connectivity index (χ3v) is 6.63. The number of rotatable bonds is 6. The molecule has 1 aliphatic rings. The molecule has 160 valence electrons. The highest BCUT2D eigenvalue weighted by atomic mass is 32.2. The van der Waals surface area contributed by atoms with Gasteiger partial charge in [-0.15, -0.1) is 0 Å². The van der Waals surface area contributed by atoms with Crippen LogP contribution in [0.2, 0.25) is 0 Å². The zero-order valence-corrected chi connectivity index (χ0v) is 18.0. The lowest BCUT2D eigenvalue weighted by Gasteiger charge is -2.34. The first-order chi connectivity index (χ1) is 14.2. The molecular weight excluding hydrogens is 406 g/mol. The lowest BCUT2D eigenvalue weighted by atomic mass is 10.1. The van der Waals surface area contributed by atoms with Crippen LogP contribution < -0.4 is 0 Å². The van der Waals surface area contributed by atoms with Crippen molar-refractivity contribution in [3.05, 3.63) is 65.7 Å². The van der Waals surface area contributed by atoms with Crippen molar-refractivity contribution in [3.8, 4) is 0 Å². The molecule has 0 radical (unpaired) electrons. The van der Waals surface area contributed by atoms with Gasteiger partial charge in [0.1, 0.15) is 0 Å². The van der Waals surface area contributed by atoms with E-state index in [0.717, 1.165) is 0 Å². The summed E-state index contributed by atoms with van der Waals surface area (Å²) in [6, 6.07) is 14.2. The molecule has 3 atom stereocenters. The fourth-order valence-electron chi connectivity index (χ4n) is 3.38. The zero-order chi connectivity index (χ0) is 21.9. The molecule has 2 aromatic carbocycles. The molecule has 1 heterocycles. The number of carbonyl (C=O) groups excluding carboxylic acids is 2. The summed E-state index contributed by atoms with van der Waals surface area (Å²) in [7, 11) is -3.79. The molecule has 1 fully saturated rings. The maximum atomic E-state index is 13.0. The molecule has 1 aliphatic heterocycles. The highest BCUT2D eigenvalue weighted by Gasteiger charge is 2.32. The van der Waals surface area contributed by atoms with Gasteiger partial charge in [0.25, 0.3) is 0 Å². The van der Waals surface area contributed by atoms with E-state index in [1.54, 1.807) is 30.3 Å². The smallest absolute Gasteiger partial charge is 0.338 e. The van der Waals surface area contributed by atoms with E-state index in [9.17, 15) is 18.0 Å². The van der Waals surface area contributed by atoms with Crippen LogP contribution in [0.3, 0.4) is 0 Å². The molecule has 0 bridgehead atoms. The molecule has 0 amide bonds. The molecule has 2 aromatic rings. The summed E-state index contributed by atoms with van der Waals surface area (Å²) in [6.07, 6.45) is -1.44. The molecule has 0 N–H and O–H groups in total. The molecule has 0 aromatic heterocycles. The van der Waals surface area contributed by atoms with Crippen molar-refractivity contribution in [3.63, 3.8) is 0 Å². The second-order valence-corrected chi connectivity index (χ2v) is 9.32. The van der Waals surface area contributed by atoms with Crippen molar-refractivity contribution in [2.24, 2.45) is 0 Å². The first-order valence-electron chi connectivity index (χ1n) is 9.74. The van der Waals surface area contributed by atoms with Gasteiger partial charge in [-0.25, -0.2) is 13.2 Å². The van der Waals surface area contributed by atoms with Crippen molar-refractivity contribution in [1.82, 2.24) is 4.31 Å². The number of ketones is 1. The topological polar surface area (TPSA) is 90.0 Å². The van der Waals surface area contributed by atoms with Crippen LogP contribution in [0.1, 0.15) is 41.5 Å². The van der Waals surface area contributed by atoms with E-state index in [4.69, 9.17) is 9.47 Å². The van der Waals surface area contributed by atoms with E-state index >= 15 is 0 Å². The minimum Gasteiger partial charge on any atom is -0.451 e. The lowest BCUT2D eigenvalue weighted by Crippen LogP contribution is -2.48. The lowest BCUT2D eigenvalue weighted by molar-refractivity contribution is -0.0440. The molecule has 8 heteroatoms. The van der Waals surface area contributed by atoms with Crippen LogP contribution in [-0.2, 0) is 19.5 Å². The van der Waals surface area contributed by atoms with E-state index in [-0.39, 0.29) is 41.5 Å². The Morgan fingerprint density at radius 2 is 1.60 bits per heavy atom. The minimum atomic E-state index is -3.79. The summed E-state index contributed by atoms with van der Waals surface area (Å²) < 4.78 is 38.3. The molecule has 30 heavy (non-hydrogen) atoms. The fourth-order valence-corrected chi connectivity index (χ4v) is 5.02. The summed E-state index contributed by atoms with van der Waals surface area (Å²) >= 11 is 0. The van der Waals surface area contributed by atoms with E-state index in [1.165, 1.54) is 35.5 Å². The van der Waals surface area contributed by atoms with Crippen LogP contribution in [0.4, 0.5) is 0 Å². The summed E-state index contributed by atoms with van der Waals surface area (Å²) in [5.74, 6) is -1.09. The second kappa shape index (κ2) is 9.07. The van der Waals surface area contributed by atoms with Gasteiger partial charge in [0.05, 0.1) is 22.7 Å². The molecular formula is C22H25NO6S. The Labute approximate surface area is 176 Å². The number of benzene rings is 2. The highest BCUT2D eigenvalue weighted by molar-refractivity contribution is 7.89. The number of morpholine rings is 1. The number of hydrogen-bond donors (Lipinski definition) is 0. The first kappa shape index (κ1) is 22.1. The van der Waals surface area contributed by atoms with Gasteiger partial charge in [-0.3, -0.25) is 4.79 Å². The Morgan fingerprint density at radius 1 is 1.00 bits per heavy atom. The summed E-state index contributed by atoms with van der Waals surface area (Å²) in [4.78, 5) is 25.0. The number of esters is 1. The second-order valence-electron chi connectivity index (χ2n) is 7.38. The Bertz CT molecular complexity index is 1010. The van der Waals surface area contributed by atoms with E-state index in [0.29, 0.717) is 5.56 Å². The zero-order valence-electron chi connectivity index (χ0n) is 17.1. The van der Waals surface area contributed by atoms with Crippen LogP contribution in [0, 0.1) is 0 Å². The maximum Gasteiger partial charge on any atom is 0.338 e. The molecule has 3 rings (SSSR count). The van der Waals surface area contributed by atoms with Gasteiger partial charge in [0, 0.05) is 18.7 Å². The van der Waals surface area contributed by atoms with Gasteiger partial charge >= 0.3 is 5.97 Å². The average Bonchev–Trinajstić information content (AvgIpc) is 2.73. The van der Waals surface area contributed by atoms with E-state index in [2.05, 4.69) is 0 Å². The number of Topliss-reactive ketones (excluding diaryl/α,β-unsaturated/α-hetero) is 1. The Kier molecular flexibility index (Phi) is 6.70. The predicted octanol–water partition coefficient (Wildman–Crippen LogP) is 2.91. The largest absolute Gasteiger partial charge is 0.451 e. The van der Waals surface area contributed by atoms with Crippen molar-refractivity contribution < 1.29 is 27.5 Å². The summed E-state index contributed by atoms with van der Waals surface area (Å²) in [6.45, 7) is 5.60. The van der Waals surface area contributed by atoms with Crippen LogP contribution in [0.15, 0.2) is 59.5 Å². The molecule has 0 saturated carbocycles. The van der Waals surface area contributed by atoms with Crippen LogP contribution >= 0.6 is 0 Å². The third kappa shape index (κ3) is 4.95. The SMILES string of the molecule is CC1CN(S(=O)(=O)c2cccc(C(=O)OC(C)C(=O)c3ccccc3)c2)CC(C)O1. The number of carbonyl (C=O) groups is 2. The van der Waals surface area contributed by atoms with Crippen molar-refractivity contribution in [2.45, 2.75) is 44.0 Å². The van der Waals surface area contributed by atoms with Crippen LogP contribution in [0.25, 0.3) is 0 Å². The monoisotopic (exact) mass is 431 g/mol. The predicted molar refractivity (Wildman–Crippen MR) is 111 cm³/mol. The first-order valence-corrected chi connectivity index (χ1v) is 11.2. The molecule has 7 nitrogen and oxygen atoms in total. The van der Waals surface area contributed by atoms with Gasteiger partial charge in [0.2, 0.25) is 15.8 Å². The van der Waals surface area contributed by atoms with Gasteiger partial charge in [0.15, 0.2) is 6.10 Å². The number of hydrogen-bond acceptors (Lipinski definition) is 6. The van der Waals surface area contributed by atoms with Gasteiger partial charge in [-0.1, -0.05) is 36.4 Å². The minimum absolute atomic E-state index is 0.000268. The molecule has 0 aliphatic carbocycles. The van der Waals surface area contributed by atoms with Crippen LogP contribution in [0.5, 0.6) is 0 Å². The Morgan fingerprint density at radius 3 is 2.23 bits per heavy atom. The van der Waals surface area contributed by atoms with Crippen LogP contribution in [-0.4, -0.2) is 55.9 Å². The number of sulfonamides is 1. The average molecular weight is 432 g/mol. The van der Waals surface area contributed by atoms with Gasteiger partial charge < -0.3 is 9.47 Å². The van der Waals surface area contributed by atoms with Gasteiger partial charge in [-0.2, -0.15) is 4.31 Å². The fraction of sp³-hybridized carbons (Fsp3) is 0.364. The molecule has 3 unspecified atom stereocenters. The van der Waals surface area contributed by atoms with Gasteiger partial charge in [-0.05, 0) is 39.0 Å². The van der Waals surface area contributed by atoms with Crippen molar-refractivity contribution >= 4 is 21.8 Å². The number of ether oxygens (including phenoxy) is 2. The normalized spacial score (nSPS) is 21.0. The Hall–Kier alpha value is -2.55. The maximum absolute atomic E-state index is 13.0. The van der Waals surface area contributed by atoms with E-state index in [1.807, 2.05) is 13.8 Å². The van der Waals surface area contributed by atoms with E-state index < -0.39 is 22.1 Å². The molecule has 1 saturated heterocycles. The Balaban J connectivity index is 1.76. The van der Waals surface area contributed by atoms with Crippen molar-refractivity contribution in [1.29, 1.82) is 0 Å². The standard InChI is InChI=1S/C22H25NO6S/c1-15-13-23(14-16(2)28-15)30(26,27)20-11-7-10-19(12-20)22(25)29-17(3)21(24)18-8-5-4-6-9-18/h4-12,15-17H,13-14H2,1-3H3. The van der Waals surface area contributed by atoms with Crippen molar-refractivity contribution in [2.75, 3.05) is 13.1 Å².